The van der Waals surface area contributed by atoms with E-state index in [0.717, 1.165) is 6.07 Å². The molecule has 7 heteroatoms. The Kier molecular flexibility index (Phi) is 5.81. The van der Waals surface area contributed by atoms with Gasteiger partial charge in [0.15, 0.2) is 0 Å². The highest BCUT2D eigenvalue weighted by Crippen LogP contribution is 2.36. The van der Waals surface area contributed by atoms with Gasteiger partial charge in [0.1, 0.15) is 0 Å². The highest BCUT2D eigenvalue weighted by atomic mass is 79.9. The molecule has 1 rings (SSSR count). The van der Waals surface area contributed by atoms with Gasteiger partial charge in [0.2, 0.25) is 5.91 Å². The van der Waals surface area contributed by atoms with Crippen molar-refractivity contribution < 1.29 is 18.0 Å². The van der Waals surface area contributed by atoms with Crippen molar-refractivity contribution in [1.29, 1.82) is 0 Å². The zero-order valence-corrected chi connectivity index (χ0v) is 13.7. The molecule has 0 aliphatic carbocycles. The molecule has 1 aromatic rings. The average molecular weight is 367 g/mol. The molecular formula is C14H18BrF3N2O. The van der Waals surface area contributed by atoms with Gasteiger partial charge < -0.3 is 10.6 Å². The SMILES string of the molecule is CC(C)(C)NCCC(=O)Nc1ccc(Br)c(C(F)(F)F)c1. The summed E-state index contributed by atoms with van der Waals surface area (Å²) in [6.07, 6.45) is -4.28. The Labute approximate surface area is 130 Å². The third-order valence-electron chi connectivity index (χ3n) is 2.56. The Morgan fingerprint density at radius 2 is 1.86 bits per heavy atom. The van der Waals surface area contributed by atoms with E-state index in [1.165, 1.54) is 12.1 Å². The number of benzene rings is 1. The highest BCUT2D eigenvalue weighted by molar-refractivity contribution is 9.10. The molecule has 0 aromatic heterocycles. The summed E-state index contributed by atoms with van der Waals surface area (Å²) in [5, 5.41) is 5.60. The topological polar surface area (TPSA) is 41.1 Å². The van der Waals surface area contributed by atoms with Gasteiger partial charge in [-0.25, -0.2) is 0 Å². The van der Waals surface area contributed by atoms with E-state index in [1.807, 2.05) is 20.8 Å². The fourth-order valence-electron chi connectivity index (χ4n) is 1.59. The minimum absolute atomic E-state index is 0.0533. The molecule has 0 saturated carbocycles. The number of halogens is 4. The number of carbonyl (C=O) groups is 1. The lowest BCUT2D eigenvalue weighted by Crippen LogP contribution is -2.37. The van der Waals surface area contributed by atoms with E-state index in [1.54, 1.807) is 0 Å². The number of carbonyl (C=O) groups excluding carboxylic acids is 1. The molecule has 0 unspecified atom stereocenters. The number of hydrogen-bond donors (Lipinski definition) is 2. The third kappa shape index (κ3) is 6.48. The Bertz CT molecular complexity index is 510. The lowest BCUT2D eigenvalue weighted by Gasteiger charge is -2.20. The lowest BCUT2D eigenvalue weighted by atomic mass is 10.1. The van der Waals surface area contributed by atoms with Crippen LogP contribution in [-0.2, 0) is 11.0 Å². The Hall–Kier alpha value is -1.08. The lowest BCUT2D eigenvalue weighted by molar-refractivity contribution is -0.138. The van der Waals surface area contributed by atoms with Crippen LogP contribution in [0.1, 0.15) is 32.8 Å². The molecule has 0 fully saturated rings. The normalized spacial score (nSPS) is 12.3. The second-order valence-corrected chi connectivity index (χ2v) is 6.52. The standard InChI is InChI=1S/C14H18BrF3N2O/c1-13(2,3)19-7-6-12(21)20-9-4-5-11(15)10(8-9)14(16,17)18/h4-5,8,19H,6-7H2,1-3H3,(H,20,21). The summed E-state index contributed by atoms with van der Waals surface area (Å²) in [4.78, 5) is 11.7. The molecule has 118 valence electrons. The van der Waals surface area contributed by atoms with Gasteiger partial charge in [-0.15, -0.1) is 0 Å². The molecule has 0 heterocycles. The predicted octanol–water partition coefficient (Wildman–Crippen LogP) is 4.18. The fourth-order valence-corrected chi connectivity index (χ4v) is 2.07. The minimum Gasteiger partial charge on any atom is -0.326 e. The van der Waals surface area contributed by atoms with E-state index in [2.05, 4.69) is 26.6 Å². The van der Waals surface area contributed by atoms with Gasteiger partial charge in [0.25, 0.3) is 0 Å². The molecule has 1 aromatic carbocycles. The van der Waals surface area contributed by atoms with Crippen molar-refractivity contribution in [1.82, 2.24) is 5.32 Å². The molecule has 0 atom stereocenters. The first-order valence-electron chi connectivity index (χ1n) is 6.41. The molecule has 0 spiro atoms. The second-order valence-electron chi connectivity index (χ2n) is 5.67. The maximum absolute atomic E-state index is 12.7. The van der Waals surface area contributed by atoms with Crippen LogP contribution in [0.2, 0.25) is 0 Å². The molecule has 2 N–H and O–H groups in total. The van der Waals surface area contributed by atoms with Gasteiger partial charge in [0.05, 0.1) is 5.56 Å². The summed E-state index contributed by atoms with van der Waals surface area (Å²) in [6.45, 7) is 6.36. The molecule has 0 radical (unpaired) electrons. The van der Waals surface area contributed by atoms with E-state index < -0.39 is 11.7 Å². The van der Waals surface area contributed by atoms with Crippen LogP contribution in [0.3, 0.4) is 0 Å². The monoisotopic (exact) mass is 366 g/mol. The summed E-state index contributed by atoms with van der Waals surface area (Å²) >= 11 is 2.85. The predicted molar refractivity (Wildman–Crippen MR) is 80.1 cm³/mol. The van der Waals surface area contributed by atoms with Gasteiger partial charge >= 0.3 is 6.18 Å². The highest BCUT2D eigenvalue weighted by Gasteiger charge is 2.33. The van der Waals surface area contributed by atoms with Crippen LogP contribution in [-0.4, -0.2) is 18.0 Å². The quantitative estimate of drug-likeness (QED) is 0.838. The molecule has 3 nitrogen and oxygen atoms in total. The van der Waals surface area contributed by atoms with Crippen molar-refractivity contribution in [2.24, 2.45) is 0 Å². The zero-order chi connectivity index (χ0) is 16.3. The van der Waals surface area contributed by atoms with Crippen LogP contribution in [0, 0.1) is 0 Å². The van der Waals surface area contributed by atoms with Gasteiger partial charge in [-0.2, -0.15) is 13.2 Å². The largest absolute Gasteiger partial charge is 0.417 e. The van der Waals surface area contributed by atoms with Gasteiger partial charge in [-0.05, 0) is 39.0 Å². The van der Waals surface area contributed by atoms with Crippen LogP contribution in [0.15, 0.2) is 22.7 Å². The Morgan fingerprint density at radius 3 is 2.38 bits per heavy atom. The summed E-state index contributed by atoms with van der Waals surface area (Å²) in [5.41, 5.74) is -0.791. The number of alkyl halides is 3. The molecule has 21 heavy (non-hydrogen) atoms. The van der Waals surface area contributed by atoms with Crippen LogP contribution in [0.5, 0.6) is 0 Å². The summed E-state index contributed by atoms with van der Waals surface area (Å²) in [6, 6.07) is 3.61. The molecule has 0 bridgehead atoms. The zero-order valence-electron chi connectivity index (χ0n) is 12.1. The van der Waals surface area contributed by atoms with E-state index in [0.29, 0.717) is 6.54 Å². The molecule has 0 aliphatic heterocycles. The van der Waals surface area contributed by atoms with Crippen molar-refractivity contribution in [3.8, 4) is 0 Å². The maximum Gasteiger partial charge on any atom is 0.417 e. The number of anilines is 1. The van der Waals surface area contributed by atoms with Crippen molar-refractivity contribution >= 4 is 27.5 Å². The van der Waals surface area contributed by atoms with E-state index in [4.69, 9.17) is 0 Å². The van der Waals surface area contributed by atoms with Crippen LogP contribution in [0.4, 0.5) is 18.9 Å². The van der Waals surface area contributed by atoms with Crippen LogP contribution in [0.25, 0.3) is 0 Å². The van der Waals surface area contributed by atoms with Crippen molar-refractivity contribution in [3.63, 3.8) is 0 Å². The number of rotatable bonds is 4. The minimum atomic E-state index is -4.46. The smallest absolute Gasteiger partial charge is 0.326 e. The molecular weight excluding hydrogens is 349 g/mol. The van der Waals surface area contributed by atoms with Crippen molar-refractivity contribution in [3.05, 3.63) is 28.2 Å². The van der Waals surface area contributed by atoms with Crippen molar-refractivity contribution in [2.75, 3.05) is 11.9 Å². The first-order valence-corrected chi connectivity index (χ1v) is 7.20. The van der Waals surface area contributed by atoms with Gasteiger partial charge in [0, 0.05) is 28.7 Å². The summed E-state index contributed by atoms with van der Waals surface area (Å²) < 4.78 is 38.2. The van der Waals surface area contributed by atoms with Crippen LogP contribution < -0.4 is 10.6 Å². The van der Waals surface area contributed by atoms with E-state index in [9.17, 15) is 18.0 Å². The number of hydrogen-bond acceptors (Lipinski definition) is 2. The number of amides is 1. The van der Waals surface area contributed by atoms with E-state index >= 15 is 0 Å². The van der Waals surface area contributed by atoms with Crippen molar-refractivity contribution in [2.45, 2.75) is 38.9 Å². The third-order valence-corrected chi connectivity index (χ3v) is 3.25. The van der Waals surface area contributed by atoms with E-state index in [-0.39, 0.29) is 28.0 Å². The van der Waals surface area contributed by atoms with Crippen LogP contribution >= 0.6 is 15.9 Å². The fraction of sp³-hybridized carbons (Fsp3) is 0.500. The Balaban J connectivity index is 2.65. The molecule has 0 saturated heterocycles. The summed E-state index contributed by atoms with van der Waals surface area (Å²) in [5.74, 6) is -0.331. The maximum atomic E-state index is 12.7. The summed E-state index contributed by atoms with van der Waals surface area (Å²) in [7, 11) is 0. The molecule has 1 amide bonds. The first kappa shape index (κ1) is 18.0. The second kappa shape index (κ2) is 6.79. The van der Waals surface area contributed by atoms with Gasteiger partial charge in [-0.1, -0.05) is 15.9 Å². The number of nitrogens with one attached hydrogen (secondary N) is 2. The molecule has 0 aliphatic rings. The first-order chi connectivity index (χ1) is 9.49. The van der Waals surface area contributed by atoms with Gasteiger partial charge in [-0.3, -0.25) is 4.79 Å². The average Bonchev–Trinajstić information content (AvgIpc) is 2.28. The Morgan fingerprint density at radius 1 is 1.24 bits per heavy atom.